The summed E-state index contributed by atoms with van der Waals surface area (Å²) in [6, 6.07) is 14.8. The molecule has 0 spiro atoms. The van der Waals surface area contributed by atoms with E-state index in [1.165, 1.54) is 5.52 Å². The van der Waals surface area contributed by atoms with Crippen LogP contribution >= 0.6 is 11.8 Å². The van der Waals surface area contributed by atoms with Gasteiger partial charge >= 0.3 is 0 Å². The van der Waals surface area contributed by atoms with Crippen molar-refractivity contribution < 1.29 is 9.53 Å². The molecule has 7 heteroatoms. The van der Waals surface area contributed by atoms with E-state index in [-0.39, 0.29) is 11.3 Å². The Labute approximate surface area is 213 Å². The van der Waals surface area contributed by atoms with Gasteiger partial charge < -0.3 is 19.9 Å². The minimum absolute atomic E-state index is 0.0540. The fourth-order valence-corrected chi connectivity index (χ4v) is 5.56. The third-order valence-corrected chi connectivity index (χ3v) is 7.53. The molecule has 35 heavy (non-hydrogen) atoms. The first-order valence-electron chi connectivity index (χ1n) is 12.6. The molecule has 3 aromatic rings. The van der Waals surface area contributed by atoms with Crippen LogP contribution in [0.4, 0.5) is 0 Å². The Morgan fingerprint density at radius 3 is 2.57 bits per heavy atom. The molecule has 1 aliphatic heterocycles. The van der Waals surface area contributed by atoms with Crippen molar-refractivity contribution in [2.24, 2.45) is 11.7 Å². The van der Waals surface area contributed by atoms with Crippen LogP contribution in [0.1, 0.15) is 52.8 Å². The van der Waals surface area contributed by atoms with E-state index >= 15 is 0 Å². The van der Waals surface area contributed by atoms with Gasteiger partial charge in [0.1, 0.15) is 11.6 Å². The highest BCUT2D eigenvalue weighted by molar-refractivity contribution is 7.99. The summed E-state index contributed by atoms with van der Waals surface area (Å²) in [6.45, 7) is 12.3. The Bertz CT molecular complexity index is 1160. The number of carbonyl (C=O) groups is 1. The van der Waals surface area contributed by atoms with Crippen LogP contribution in [0.25, 0.3) is 11.0 Å². The van der Waals surface area contributed by atoms with Crippen LogP contribution in [0.5, 0.6) is 5.75 Å². The van der Waals surface area contributed by atoms with Gasteiger partial charge in [0.2, 0.25) is 5.91 Å². The molecule has 0 atom stereocenters. The van der Waals surface area contributed by atoms with Crippen LogP contribution in [0, 0.1) is 5.92 Å². The number of benzene rings is 2. The van der Waals surface area contributed by atoms with E-state index in [9.17, 15) is 4.79 Å². The van der Waals surface area contributed by atoms with Gasteiger partial charge in [0, 0.05) is 41.8 Å². The number of likely N-dealkylation sites (tertiary alicyclic amines) is 1. The third-order valence-electron chi connectivity index (χ3n) is 6.55. The van der Waals surface area contributed by atoms with E-state index in [1.807, 2.05) is 17.0 Å². The van der Waals surface area contributed by atoms with Crippen LogP contribution in [0.15, 0.2) is 52.3 Å². The fourth-order valence-electron chi connectivity index (χ4n) is 4.66. The molecule has 1 aliphatic rings. The zero-order valence-corrected chi connectivity index (χ0v) is 22.2. The second-order valence-corrected chi connectivity index (χ2v) is 11.6. The van der Waals surface area contributed by atoms with E-state index in [4.69, 9.17) is 15.5 Å². The number of hydrogen-bond donors (Lipinski definition) is 1. The first-order chi connectivity index (χ1) is 16.7. The Morgan fingerprint density at radius 1 is 1.14 bits per heavy atom. The van der Waals surface area contributed by atoms with Crippen LogP contribution in [-0.2, 0) is 16.8 Å². The number of nitrogens with two attached hydrogens (primary N) is 1. The summed E-state index contributed by atoms with van der Waals surface area (Å²) in [5.41, 5.74) is 7.74. The summed E-state index contributed by atoms with van der Waals surface area (Å²) in [5, 5.41) is 0. The van der Waals surface area contributed by atoms with E-state index in [0.29, 0.717) is 19.1 Å². The smallest absolute Gasteiger partial charge is 0.219 e. The molecule has 1 fully saturated rings. The van der Waals surface area contributed by atoms with Crippen LogP contribution in [0.2, 0.25) is 0 Å². The summed E-state index contributed by atoms with van der Waals surface area (Å²) in [5.74, 6) is 2.74. The second-order valence-electron chi connectivity index (χ2n) is 10.5. The second kappa shape index (κ2) is 11.0. The number of aromatic nitrogens is 2. The molecule has 1 saturated heterocycles. The van der Waals surface area contributed by atoms with E-state index < -0.39 is 0 Å². The van der Waals surface area contributed by atoms with Crippen molar-refractivity contribution in [1.29, 1.82) is 0 Å². The zero-order valence-electron chi connectivity index (χ0n) is 21.4. The summed E-state index contributed by atoms with van der Waals surface area (Å²) in [7, 11) is 0. The van der Waals surface area contributed by atoms with Gasteiger partial charge in [-0.15, -0.1) is 0 Å². The van der Waals surface area contributed by atoms with Crippen LogP contribution < -0.4 is 10.5 Å². The molecule has 1 amide bonds. The maximum atomic E-state index is 11.7. The van der Waals surface area contributed by atoms with Gasteiger partial charge in [0.15, 0.2) is 0 Å². The van der Waals surface area contributed by atoms with E-state index in [1.54, 1.807) is 18.7 Å². The lowest BCUT2D eigenvalue weighted by atomic mass is 9.93. The fraction of sp³-hybridized carbons (Fsp3) is 0.500. The van der Waals surface area contributed by atoms with Crippen molar-refractivity contribution in [3.63, 3.8) is 0 Å². The predicted molar refractivity (Wildman–Crippen MR) is 143 cm³/mol. The lowest BCUT2D eigenvalue weighted by Crippen LogP contribution is -2.38. The Balaban J connectivity index is 1.55. The number of amides is 1. The van der Waals surface area contributed by atoms with Crippen molar-refractivity contribution in [2.75, 3.05) is 26.2 Å². The molecule has 0 radical (unpaired) electrons. The quantitative estimate of drug-likeness (QED) is 0.420. The van der Waals surface area contributed by atoms with E-state index in [2.05, 4.69) is 55.7 Å². The van der Waals surface area contributed by atoms with Gasteiger partial charge in [-0.1, -0.05) is 38.6 Å². The van der Waals surface area contributed by atoms with Gasteiger partial charge in [-0.25, -0.2) is 4.98 Å². The normalized spacial score (nSPS) is 15.1. The molecule has 2 N–H and O–H groups in total. The molecule has 4 rings (SSSR count). The number of ether oxygens (including phenoxy) is 1. The minimum Gasteiger partial charge on any atom is -0.494 e. The molecule has 6 nitrogen and oxygen atoms in total. The minimum atomic E-state index is -0.0540. The number of nitrogens with zero attached hydrogens (tertiary/aromatic N) is 3. The Kier molecular flexibility index (Phi) is 8.07. The Morgan fingerprint density at radius 2 is 1.89 bits per heavy atom. The number of piperidine rings is 1. The maximum Gasteiger partial charge on any atom is 0.219 e. The average molecular weight is 495 g/mol. The van der Waals surface area contributed by atoms with Crippen molar-refractivity contribution in [1.82, 2.24) is 14.5 Å². The molecule has 0 aliphatic carbocycles. The summed E-state index contributed by atoms with van der Waals surface area (Å²) in [4.78, 5) is 21.1. The predicted octanol–water partition coefficient (Wildman–Crippen LogP) is 5.47. The zero-order chi connectivity index (χ0) is 25.0. The molecule has 0 bridgehead atoms. The van der Waals surface area contributed by atoms with Gasteiger partial charge in [-0.2, -0.15) is 0 Å². The molecular weight excluding hydrogens is 456 g/mol. The largest absolute Gasteiger partial charge is 0.494 e. The summed E-state index contributed by atoms with van der Waals surface area (Å²) >= 11 is 1.73. The summed E-state index contributed by atoms with van der Waals surface area (Å²) in [6.07, 6.45) is 2.93. The maximum absolute atomic E-state index is 11.7. The number of carbonyl (C=O) groups excluding carboxylic acids is 1. The number of fused-ring (bicyclic) bond motifs is 1. The summed E-state index contributed by atoms with van der Waals surface area (Å²) < 4.78 is 8.23. The standard InChI is InChI=1S/C28H38N4O2S/c1-20(33)31-14-11-21(12-15-31)19-32-26-10-9-24(18-25(26)30-27(32)28(2,3)4)35-23-8-5-7-22(17-23)34-16-6-13-29/h5,7-10,17-18,21H,6,11-16,19,29H2,1-4H3. The first kappa shape index (κ1) is 25.6. The van der Waals surface area contributed by atoms with Gasteiger partial charge in [-0.05, 0) is 68.1 Å². The van der Waals surface area contributed by atoms with Crippen LogP contribution in [0.3, 0.4) is 0 Å². The van der Waals surface area contributed by atoms with Crippen molar-refractivity contribution in [2.45, 2.75) is 68.7 Å². The molecule has 2 heterocycles. The highest BCUT2D eigenvalue weighted by Gasteiger charge is 2.27. The molecule has 1 aromatic heterocycles. The number of rotatable bonds is 8. The van der Waals surface area contributed by atoms with Crippen LogP contribution in [-0.4, -0.2) is 46.6 Å². The van der Waals surface area contributed by atoms with Crippen molar-refractivity contribution >= 4 is 28.7 Å². The first-order valence-corrected chi connectivity index (χ1v) is 13.4. The molecule has 2 aromatic carbocycles. The third kappa shape index (κ3) is 6.39. The van der Waals surface area contributed by atoms with Crippen molar-refractivity contribution in [3.05, 3.63) is 48.3 Å². The lowest BCUT2D eigenvalue weighted by molar-refractivity contribution is -0.130. The highest BCUT2D eigenvalue weighted by atomic mass is 32.2. The van der Waals surface area contributed by atoms with Gasteiger partial charge in [0.05, 0.1) is 17.6 Å². The Hall–Kier alpha value is -2.51. The number of hydrogen-bond acceptors (Lipinski definition) is 5. The molecule has 0 unspecified atom stereocenters. The monoisotopic (exact) mass is 494 g/mol. The highest BCUT2D eigenvalue weighted by Crippen LogP contribution is 2.34. The molecule has 0 saturated carbocycles. The van der Waals surface area contributed by atoms with Gasteiger partial charge in [0.25, 0.3) is 0 Å². The SMILES string of the molecule is CC(=O)N1CCC(Cn2c(C(C)(C)C)nc3cc(Sc4cccc(OCCCN)c4)ccc32)CC1. The number of imidazole rings is 1. The lowest BCUT2D eigenvalue weighted by Gasteiger charge is -2.32. The molecule has 188 valence electrons. The van der Waals surface area contributed by atoms with Crippen molar-refractivity contribution in [3.8, 4) is 5.75 Å². The molecular formula is C28H38N4O2S. The average Bonchev–Trinajstić information content (AvgIpc) is 3.18. The van der Waals surface area contributed by atoms with Gasteiger partial charge in [-0.3, -0.25) is 4.79 Å². The topological polar surface area (TPSA) is 73.4 Å². The van der Waals surface area contributed by atoms with E-state index in [0.717, 1.165) is 65.8 Å².